The van der Waals surface area contributed by atoms with Crippen LogP contribution in [0.3, 0.4) is 0 Å². The van der Waals surface area contributed by atoms with Crippen molar-refractivity contribution in [1.29, 1.82) is 0 Å². The van der Waals surface area contributed by atoms with E-state index >= 15 is 0 Å². The molecule has 0 aromatic heterocycles. The average molecular weight is 297 g/mol. The molecule has 0 saturated carbocycles. The monoisotopic (exact) mass is 297 g/mol. The van der Waals surface area contributed by atoms with Gasteiger partial charge in [0.1, 0.15) is 0 Å². The molecule has 0 bridgehead atoms. The Labute approximate surface area is 138 Å². The van der Waals surface area contributed by atoms with E-state index in [9.17, 15) is 16.8 Å². The van der Waals surface area contributed by atoms with E-state index in [-0.39, 0.29) is 64.2 Å². The van der Waals surface area contributed by atoms with Gasteiger partial charge in [-0.2, -0.15) is 21.9 Å². The van der Waals surface area contributed by atoms with Gasteiger partial charge in [0.05, 0.1) is 0 Å². The first-order valence-corrected chi connectivity index (χ1v) is 6.38. The maximum absolute atomic E-state index is 10.5. The van der Waals surface area contributed by atoms with E-state index in [4.69, 9.17) is 14.3 Å². The zero-order valence-corrected chi connectivity index (χ0v) is 9.03. The van der Waals surface area contributed by atoms with Gasteiger partial charge in [0, 0.05) is 0 Å². The van der Waals surface area contributed by atoms with Gasteiger partial charge in [-0.1, -0.05) is 0 Å². The molecule has 0 spiro atoms. The van der Waals surface area contributed by atoms with E-state index in [2.05, 4.69) is 0 Å². The first-order valence-electron chi connectivity index (χ1n) is 3.37. The van der Waals surface area contributed by atoms with E-state index in [1.54, 1.807) is 0 Å². The van der Waals surface area contributed by atoms with Crippen LogP contribution in [0.1, 0.15) is 13.8 Å². The third-order valence-corrected chi connectivity index (χ3v) is 3.76. The van der Waals surface area contributed by atoms with Crippen LogP contribution >= 0.6 is 0 Å². The van der Waals surface area contributed by atoms with Gasteiger partial charge in [-0.3, -0.25) is 9.11 Å². The Kier molecular flexibility index (Phi) is 11.5. The van der Waals surface area contributed by atoms with E-state index in [1.807, 2.05) is 0 Å². The molecule has 2 unspecified atom stereocenters. The van der Waals surface area contributed by atoms with Crippen LogP contribution in [0.2, 0.25) is 0 Å². The second-order valence-corrected chi connectivity index (χ2v) is 6.03. The zero-order valence-electron chi connectivity index (χ0n) is 7.39. The quantitative estimate of drug-likeness (QED) is 0.304. The molecule has 0 fully saturated rings. The Hall–Kier alpha value is 1.74. The minimum absolute atomic E-state index is 0. The summed E-state index contributed by atoms with van der Waals surface area (Å²) in [6.45, 7) is 1.72. The molecule has 0 rings (SSSR count). The summed E-state index contributed by atoms with van der Waals surface area (Å²) in [5.74, 6) is 0. The molecular weight excluding hydrogens is 284 g/mol. The predicted octanol–water partition coefficient (Wildman–Crippen LogP) is -2.15. The van der Waals surface area contributed by atoms with Crippen molar-refractivity contribution < 1.29 is 31.1 Å². The number of hydrogen-bond donors (Lipinski definition) is 3. The molecular formula is C4H13NNa2O7S2. The second kappa shape index (κ2) is 8.02. The van der Waals surface area contributed by atoms with Crippen LogP contribution in [0.25, 0.3) is 0 Å². The fourth-order valence-corrected chi connectivity index (χ4v) is 1.56. The third kappa shape index (κ3) is 7.24. The Balaban J connectivity index is -0.000000845. The molecule has 16 heavy (non-hydrogen) atoms. The van der Waals surface area contributed by atoms with Gasteiger partial charge in [-0.25, -0.2) is 0 Å². The van der Waals surface area contributed by atoms with Gasteiger partial charge >= 0.3 is 59.1 Å². The molecule has 0 radical (unpaired) electrons. The molecule has 0 aliphatic heterocycles. The van der Waals surface area contributed by atoms with Crippen LogP contribution in [0.15, 0.2) is 0 Å². The summed E-state index contributed by atoms with van der Waals surface area (Å²) >= 11 is 0. The SMILES string of the molecule is CC(N(O)C(C)S(=O)(=O)O)S(=O)(=O)O.[NaH].[NaH]. The van der Waals surface area contributed by atoms with Crippen LogP contribution in [0, 0.1) is 0 Å². The molecule has 0 amide bonds. The topological polar surface area (TPSA) is 132 Å². The van der Waals surface area contributed by atoms with Crippen LogP contribution < -0.4 is 0 Å². The standard InChI is InChI=1S/C4H11NO7S2.2Na.2H/c1-3(13(7,8)9)5(6)4(2)14(10,11)12;;;;/h3-4,6H,1-2H3,(H,7,8,9)(H,10,11,12);;;;. The van der Waals surface area contributed by atoms with Crippen molar-refractivity contribution >= 4 is 79.4 Å². The Morgan fingerprint density at radius 2 is 1.06 bits per heavy atom. The summed E-state index contributed by atoms with van der Waals surface area (Å²) in [5.41, 5.74) is 0. The van der Waals surface area contributed by atoms with Crippen molar-refractivity contribution in [1.82, 2.24) is 5.06 Å². The van der Waals surface area contributed by atoms with Crippen molar-refractivity contribution in [2.45, 2.75) is 24.6 Å². The molecule has 0 aromatic rings. The molecule has 12 heteroatoms. The van der Waals surface area contributed by atoms with Crippen molar-refractivity contribution in [2.24, 2.45) is 0 Å². The maximum atomic E-state index is 10.5. The molecule has 0 aromatic carbocycles. The molecule has 2 atom stereocenters. The van der Waals surface area contributed by atoms with Gasteiger partial charge < -0.3 is 5.21 Å². The summed E-state index contributed by atoms with van der Waals surface area (Å²) in [7, 11) is -9.21. The Morgan fingerprint density at radius 3 is 1.19 bits per heavy atom. The molecule has 0 heterocycles. The normalized spacial score (nSPS) is 15.9. The van der Waals surface area contributed by atoms with E-state index in [1.165, 1.54) is 0 Å². The third-order valence-electron chi connectivity index (χ3n) is 1.61. The molecule has 90 valence electrons. The number of hydrogen-bond acceptors (Lipinski definition) is 6. The fraction of sp³-hybridized carbons (Fsp3) is 1.00. The first-order chi connectivity index (χ1) is 5.98. The van der Waals surface area contributed by atoms with Crippen molar-refractivity contribution in [3.05, 3.63) is 0 Å². The first kappa shape index (κ1) is 22.9. The molecule has 3 N–H and O–H groups in total. The summed E-state index contributed by atoms with van der Waals surface area (Å²) in [5, 5.41) is 5.14. The van der Waals surface area contributed by atoms with Crippen LogP contribution in [-0.4, -0.2) is 106 Å². The van der Waals surface area contributed by atoms with Crippen LogP contribution in [0.5, 0.6) is 0 Å². The van der Waals surface area contributed by atoms with Crippen molar-refractivity contribution in [3.8, 4) is 0 Å². The van der Waals surface area contributed by atoms with Crippen molar-refractivity contribution in [2.75, 3.05) is 0 Å². The number of nitrogens with zero attached hydrogens (tertiary/aromatic N) is 1. The number of rotatable bonds is 4. The molecule has 0 aliphatic rings. The van der Waals surface area contributed by atoms with Gasteiger partial charge in [-0.05, 0) is 13.8 Å². The van der Waals surface area contributed by atoms with Crippen LogP contribution in [-0.2, 0) is 20.2 Å². The minimum atomic E-state index is -4.61. The van der Waals surface area contributed by atoms with Gasteiger partial charge in [0.2, 0.25) is 0 Å². The molecule has 8 nitrogen and oxygen atoms in total. The summed E-state index contributed by atoms with van der Waals surface area (Å²) < 4.78 is 58.9. The van der Waals surface area contributed by atoms with E-state index < -0.39 is 31.0 Å². The molecule has 0 saturated heterocycles. The Bertz CT molecular complexity index is 355. The van der Waals surface area contributed by atoms with E-state index in [0.29, 0.717) is 0 Å². The van der Waals surface area contributed by atoms with Crippen molar-refractivity contribution in [3.63, 3.8) is 0 Å². The van der Waals surface area contributed by atoms with Gasteiger partial charge in [-0.15, -0.1) is 0 Å². The summed E-state index contributed by atoms with van der Waals surface area (Å²) in [6, 6.07) is 0. The number of hydroxylamine groups is 2. The average Bonchev–Trinajstić information content (AvgIpc) is 1.97. The Morgan fingerprint density at radius 1 is 0.875 bits per heavy atom. The van der Waals surface area contributed by atoms with Crippen LogP contribution in [0.4, 0.5) is 0 Å². The van der Waals surface area contributed by atoms with Gasteiger partial charge in [0.15, 0.2) is 10.7 Å². The summed E-state index contributed by atoms with van der Waals surface area (Å²) in [6.07, 6.45) is 0. The zero-order chi connectivity index (χ0) is 11.7. The second-order valence-electron chi connectivity index (χ2n) is 2.61. The molecule has 0 aliphatic carbocycles. The fourth-order valence-electron chi connectivity index (χ4n) is 0.569. The predicted molar refractivity (Wildman–Crippen MR) is 59.9 cm³/mol. The summed E-state index contributed by atoms with van der Waals surface area (Å²) in [4.78, 5) is 0. The van der Waals surface area contributed by atoms with Gasteiger partial charge in [0.25, 0.3) is 20.2 Å². The van der Waals surface area contributed by atoms with E-state index in [0.717, 1.165) is 13.8 Å².